The first kappa shape index (κ1) is 6.01. The van der Waals surface area contributed by atoms with Crippen LogP contribution in [0, 0.1) is 0 Å². The smallest absolute Gasteiger partial charge is 0.0207 e. The number of hydrogen-bond acceptors (Lipinski definition) is 3. The first-order valence-corrected chi connectivity index (χ1v) is 2.97. The van der Waals surface area contributed by atoms with Crippen molar-refractivity contribution in [2.45, 2.75) is 31.0 Å². The lowest BCUT2D eigenvalue weighted by molar-refractivity contribution is 0.603. The Hall–Kier alpha value is -0.120. The van der Waals surface area contributed by atoms with Crippen molar-refractivity contribution in [1.29, 1.82) is 0 Å². The second-order valence-electron chi connectivity index (χ2n) is 2.56. The quantitative estimate of drug-likeness (QED) is 0.369. The van der Waals surface area contributed by atoms with Crippen molar-refractivity contribution in [3.05, 3.63) is 0 Å². The first-order valence-electron chi connectivity index (χ1n) is 2.97. The van der Waals surface area contributed by atoms with E-state index in [9.17, 15) is 0 Å². The fraction of sp³-hybridized carbons (Fsp3) is 1.00. The lowest BCUT2D eigenvalue weighted by Gasteiger charge is -2.05. The summed E-state index contributed by atoms with van der Waals surface area (Å²) in [5.41, 5.74) is 16.7. The molecule has 0 radical (unpaired) electrons. The zero-order chi connectivity index (χ0) is 6.15. The van der Waals surface area contributed by atoms with Crippen LogP contribution in [0.15, 0.2) is 0 Å². The van der Waals surface area contributed by atoms with Gasteiger partial charge in [0.05, 0.1) is 0 Å². The Morgan fingerprint density at radius 3 is 1.38 bits per heavy atom. The normalized spacial score (nSPS) is 47.6. The van der Waals surface area contributed by atoms with Crippen molar-refractivity contribution in [1.82, 2.24) is 0 Å². The van der Waals surface area contributed by atoms with Crippen molar-refractivity contribution in [3.8, 4) is 0 Å². The Labute approximate surface area is 49.2 Å². The summed E-state index contributed by atoms with van der Waals surface area (Å²) in [6, 6.07) is 0.537. The van der Waals surface area contributed by atoms with Gasteiger partial charge in [0.25, 0.3) is 0 Å². The van der Waals surface area contributed by atoms with Gasteiger partial charge in [-0.2, -0.15) is 0 Å². The summed E-state index contributed by atoms with van der Waals surface area (Å²) in [5.74, 6) is 0. The monoisotopic (exact) mass is 115 g/mol. The summed E-state index contributed by atoms with van der Waals surface area (Å²) in [7, 11) is 0. The second kappa shape index (κ2) is 2.01. The van der Waals surface area contributed by atoms with Gasteiger partial charge >= 0.3 is 0 Å². The zero-order valence-electron chi connectivity index (χ0n) is 4.88. The molecule has 1 rings (SSSR count). The molecule has 0 amide bonds. The molecule has 1 saturated carbocycles. The van der Waals surface area contributed by atoms with Crippen molar-refractivity contribution in [2.24, 2.45) is 17.2 Å². The Kier molecular flexibility index (Phi) is 1.51. The van der Waals surface area contributed by atoms with Crippen LogP contribution >= 0.6 is 0 Å². The molecule has 1 aliphatic rings. The van der Waals surface area contributed by atoms with Crippen molar-refractivity contribution in [2.75, 3.05) is 0 Å². The highest BCUT2D eigenvalue weighted by Crippen LogP contribution is 2.13. The lowest BCUT2D eigenvalue weighted by atomic mass is 10.2. The minimum atomic E-state index is 0.144. The van der Waals surface area contributed by atoms with Gasteiger partial charge in [-0.3, -0.25) is 0 Å². The van der Waals surface area contributed by atoms with Crippen molar-refractivity contribution < 1.29 is 0 Å². The molecule has 3 nitrogen and oxygen atoms in total. The molecule has 0 aromatic carbocycles. The zero-order valence-corrected chi connectivity index (χ0v) is 4.88. The van der Waals surface area contributed by atoms with Gasteiger partial charge in [0.15, 0.2) is 0 Å². The van der Waals surface area contributed by atoms with E-state index in [-0.39, 0.29) is 18.1 Å². The van der Waals surface area contributed by atoms with Gasteiger partial charge in [-0.25, -0.2) is 0 Å². The average molecular weight is 115 g/mol. The Morgan fingerprint density at radius 1 is 0.875 bits per heavy atom. The SMILES string of the molecule is NC1CC(N)C(N)C1. The van der Waals surface area contributed by atoms with Crippen LogP contribution < -0.4 is 17.2 Å². The summed E-state index contributed by atoms with van der Waals surface area (Å²) in [5, 5.41) is 0. The summed E-state index contributed by atoms with van der Waals surface area (Å²) < 4.78 is 0. The van der Waals surface area contributed by atoms with Crippen LogP contribution in [0.3, 0.4) is 0 Å². The molecule has 0 aromatic heterocycles. The van der Waals surface area contributed by atoms with Gasteiger partial charge < -0.3 is 17.2 Å². The molecule has 48 valence electrons. The molecule has 2 atom stereocenters. The number of hydrogen-bond donors (Lipinski definition) is 3. The van der Waals surface area contributed by atoms with E-state index in [0.29, 0.717) is 0 Å². The van der Waals surface area contributed by atoms with Gasteiger partial charge in [-0.1, -0.05) is 0 Å². The van der Waals surface area contributed by atoms with Crippen molar-refractivity contribution in [3.63, 3.8) is 0 Å². The molecular weight excluding hydrogens is 102 g/mol. The predicted molar refractivity (Wildman–Crippen MR) is 33.2 cm³/mol. The molecule has 8 heavy (non-hydrogen) atoms. The van der Waals surface area contributed by atoms with E-state index in [4.69, 9.17) is 17.2 Å². The van der Waals surface area contributed by atoms with Crippen LogP contribution in [0.25, 0.3) is 0 Å². The van der Waals surface area contributed by atoms with E-state index < -0.39 is 0 Å². The van der Waals surface area contributed by atoms with E-state index in [1.54, 1.807) is 0 Å². The summed E-state index contributed by atoms with van der Waals surface area (Å²) in [4.78, 5) is 0. The molecular formula is C5H13N3. The molecule has 0 aromatic rings. The minimum absolute atomic E-state index is 0.144. The highest BCUT2D eigenvalue weighted by Gasteiger charge is 2.25. The topological polar surface area (TPSA) is 78.1 Å². The van der Waals surface area contributed by atoms with Crippen molar-refractivity contribution >= 4 is 0 Å². The number of rotatable bonds is 0. The highest BCUT2D eigenvalue weighted by atomic mass is 14.8. The largest absolute Gasteiger partial charge is 0.328 e. The summed E-state index contributed by atoms with van der Waals surface area (Å²) in [6.07, 6.45) is 1.78. The molecule has 0 spiro atoms. The maximum absolute atomic E-state index is 5.56. The molecule has 0 aliphatic heterocycles. The fourth-order valence-corrected chi connectivity index (χ4v) is 1.14. The van der Waals surface area contributed by atoms with E-state index >= 15 is 0 Å². The Balaban J connectivity index is 2.39. The minimum Gasteiger partial charge on any atom is -0.328 e. The van der Waals surface area contributed by atoms with E-state index in [1.165, 1.54) is 0 Å². The third kappa shape index (κ3) is 0.992. The summed E-state index contributed by atoms with van der Waals surface area (Å²) in [6.45, 7) is 0. The number of nitrogens with two attached hydrogens (primary N) is 3. The van der Waals surface area contributed by atoms with E-state index in [0.717, 1.165) is 12.8 Å². The molecule has 1 aliphatic carbocycles. The van der Waals surface area contributed by atoms with Gasteiger partial charge in [0, 0.05) is 18.1 Å². The third-order valence-electron chi connectivity index (χ3n) is 1.70. The van der Waals surface area contributed by atoms with Crippen LogP contribution in [0.2, 0.25) is 0 Å². The van der Waals surface area contributed by atoms with Crippen LogP contribution in [0.1, 0.15) is 12.8 Å². The molecule has 0 bridgehead atoms. The average Bonchev–Trinajstić information content (AvgIpc) is 1.85. The Morgan fingerprint density at radius 2 is 1.25 bits per heavy atom. The van der Waals surface area contributed by atoms with Gasteiger partial charge in [0.2, 0.25) is 0 Å². The van der Waals surface area contributed by atoms with Crippen LogP contribution in [-0.2, 0) is 0 Å². The van der Waals surface area contributed by atoms with Gasteiger partial charge in [-0.15, -0.1) is 0 Å². The molecule has 6 N–H and O–H groups in total. The van der Waals surface area contributed by atoms with Crippen LogP contribution in [0.5, 0.6) is 0 Å². The van der Waals surface area contributed by atoms with E-state index in [1.807, 2.05) is 0 Å². The molecule has 0 heterocycles. The Bertz CT molecular complexity index is 73.7. The van der Waals surface area contributed by atoms with Crippen LogP contribution in [-0.4, -0.2) is 18.1 Å². The molecule has 2 unspecified atom stereocenters. The fourth-order valence-electron chi connectivity index (χ4n) is 1.14. The van der Waals surface area contributed by atoms with Gasteiger partial charge in [-0.05, 0) is 12.8 Å². The highest BCUT2D eigenvalue weighted by molar-refractivity contribution is 4.90. The van der Waals surface area contributed by atoms with E-state index in [2.05, 4.69) is 0 Å². The standard InChI is InChI=1S/C5H13N3/c6-3-1-4(7)5(8)2-3/h3-5H,1-2,6-8H2. The summed E-state index contributed by atoms with van der Waals surface area (Å²) >= 11 is 0. The molecule has 1 fully saturated rings. The van der Waals surface area contributed by atoms with Crippen LogP contribution in [0.4, 0.5) is 0 Å². The second-order valence-corrected chi connectivity index (χ2v) is 2.56. The first-order chi connectivity index (χ1) is 3.70. The lowest BCUT2D eigenvalue weighted by Crippen LogP contribution is -2.35. The maximum Gasteiger partial charge on any atom is 0.0207 e. The van der Waals surface area contributed by atoms with Gasteiger partial charge in [0.1, 0.15) is 0 Å². The third-order valence-corrected chi connectivity index (χ3v) is 1.70. The molecule has 0 saturated heterocycles. The predicted octanol–water partition coefficient (Wildman–Crippen LogP) is -1.24. The molecule has 3 heteroatoms. The maximum atomic E-state index is 5.56.